The molecule has 12 heteroatoms. The lowest BCUT2D eigenvalue weighted by Crippen LogP contribution is -2.57. The van der Waals surface area contributed by atoms with Gasteiger partial charge in [0.2, 0.25) is 0 Å². The van der Waals surface area contributed by atoms with Gasteiger partial charge in [0.05, 0.1) is 12.7 Å². The molecule has 2 aromatic rings. The molecule has 176 valence electrons. The summed E-state index contributed by atoms with van der Waals surface area (Å²) in [6, 6.07) is 7.46. The summed E-state index contributed by atoms with van der Waals surface area (Å²) < 4.78 is 20.7. The first kappa shape index (κ1) is 23.9. The van der Waals surface area contributed by atoms with Crippen LogP contribution < -0.4 is 4.74 Å². The number of tetrazole rings is 1. The molecule has 12 nitrogen and oxygen atoms in total. The SMILES string of the molecule is CCOC(=O)OCC1OC(n2nnc(Cc3ccc(OC(C)C)cc3)n2)C(O)C(O)C1O. The zero-order valence-electron chi connectivity index (χ0n) is 18.1. The summed E-state index contributed by atoms with van der Waals surface area (Å²) in [6.45, 7) is 5.23. The second-order valence-corrected chi connectivity index (χ2v) is 7.54. The Hall–Kier alpha value is -2.80. The van der Waals surface area contributed by atoms with Crippen LogP contribution in [-0.2, 0) is 20.6 Å². The van der Waals surface area contributed by atoms with Crippen molar-refractivity contribution >= 4 is 6.16 Å². The second kappa shape index (κ2) is 10.7. The van der Waals surface area contributed by atoms with Gasteiger partial charge in [0, 0.05) is 6.42 Å². The van der Waals surface area contributed by atoms with Crippen LogP contribution in [0.4, 0.5) is 4.79 Å². The average Bonchev–Trinajstić information content (AvgIpc) is 3.21. The van der Waals surface area contributed by atoms with Gasteiger partial charge in [0.15, 0.2) is 12.1 Å². The highest BCUT2D eigenvalue weighted by Crippen LogP contribution is 2.27. The Bertz CT molecular complexity index is 875. The Balaban J connectivity index is 1.65. The molecule has 1 aromatic carbocycles. The standard InChI is InChI=1S/C20H28N4O8/c1-4-29-20(28)30-10-14-16(25)17(26)18(27)19(32-14)24-22-15(21-23-24)9-12-5-7-13(8-6-12)31-11(2)3/h5-8,11,14,16-19,25-27H,4,9-10H2,1-3H3. The summed E-state index contributed by atoms with van der Waals surface area (Å²) >= 11 is 0. The van der Waals surface area contributed by atoms with E-state index in [1.54, 1.807) is 6.92 Å². The number of aliphatic hydroxyl groups excluding tert-OH is 3. The van der Waals surface area contributed by atoms with Crippen LogP contribution in [0.2, 0.25) is 0 Å². The molecule has 0 saturated carbocycles. The van der Waals surface area contributed by atoms with Gasteiger partial charge in [0.25, 0.3) is 0 Å². The minimum Gasteiger partial charge on any atom is -0.491 e. The first-order valence-electron chi connectivity index (χ1n) is 10.3. The minimum atomic E-state index is -1.58. The molecule has 1 aliphatic rings. The molecule has 0 bridgehead atoms. The number of ether oxygens (including phenoxy) is 4. The molecule has 0 aliphatic carbocycles. The fourth-order valence-electron chi connectivity index (χ4n) is 3.14. The molecule has 0 amide bonds. The number of benzene rings is 1. The zero-order valence-corrected chi connectivity index (χ0v) is 18.1. The number of aliphatic hydroxyl groups is 3. The van der Waals surface area contributed by atoms with Gasteiger partial charge < -0.3 is 34.3 Å². The number of aromatic nitrogens is 4. The van der Waals surface area contributed by atoms with Gasteiger partial charge in [-0.2, -0.15) is 0 Å². The number of hydrogen-bond donors (Lipinski definition) is 3. The van der Waals surface area contributed by atoms with Crippen LogP contribution in [0.5, 0.6) is 5.75 Å². The largest absolute Gasteiger partial charge is 0.508 e. The predicted molar refractivity (Wildman–Crippen MR) is 108 cm³/mol. The van der Waals surface area contributed by atoms with Crippen molar-refractivity contribution < 1.29 is 39.1 Å². The normalized spacial score (nSPS) is 25.5. The summed E-state index contributed by atoms with van der Waals surface area (Å²) in [4.78, 5) is 12.4. The van der Waals surface area contributed by atoms with Crippen LogP contribution in [0.15, 0.2) is 24.3 Å². The highest BCUT2D eigenvalue weighted by molar-refractivity contribution is 5.59. The van der Waals surface area contributed by atoms with E-state index < -0.39 is 43.4 Å². The van der Waals surface area contributed by atoms with Crippen molar-refractivity contribution in [2.75, 3.05) is 13.2 Å². The molecular formula is C20H28N4O8. The maximum absolute atomic E-state index is 11.4. The summed E-state index contributed by atoms with van der Waals surface area (Å²) in [5, 5.41) is 42.8. The van der Waals surface area contributed by atoms with Crippen molar-refractivity contribution in [1.29, 1.82) is 0 Å². The van der Waals surface area contributed by atoms with E-state index in [1.165, 1.54) is 0 Å². The number of carbonyl (C=O) groups is 1. The maximum atomic E-state index is 11.4. The third-order valence-corrected chi connectivity index (χ3v) is 4.67. The van der Waals surface area contributed by atoms with Crippen LogP contribution in [0.1, 0.15) is 38.4 Å². The van der Waals surface area contributed by atoms with Crippen LogP contribution in [0.25, 0.3) is 0 Å². The van der Waals surface area contributed by atoms with E-state index in [4.69, 9.17) is 14.2 Å². The molecular weight excluding hydrogens is 424 g/mol. The van der Waals surface area contributed by atoms with E-state index in [2.05, 4.69) is 20.1 Å². The quantitative estimate of drug-likeness (QED) is 0.470. The van der Waals surface area contributed by atoms with Crippen LogP contribution in [0.3, 0.4) is 0 Å². The molecule has 2 heterocycles. The van der Waals surface area contributed by atoms with Gasteiger partial charge in [-0.15, -0.1) is 15.0 Å². The number of hydrogen-bond acceptors (Lipinski definition) is 11. The number of nitrogens with zero attached hydrogens (tertiary/aromatic N) is 4. The molecule has 1 fully saturated rings. The summed E-state index contributed by atoms with van der Waals surface area (Å²) in [5.74, 6) is 1.11. The lowest BCUT2D eigenvalue weighted by atomic mass is 9.98. The van der Waals surface area contributed by atoms with Gasteiger partial charge in [-0.3, -0.25) is 0 Å². The Morgan fingerprint density at radius 3 is 2.50 bits per heavy atom. The molecule has 3 rings (SSSR count). The minimum absolute atomic E-state index is 0.0738. The van der Waals surface area contributed by atoms with E-state index in [0.29, 0.717) is 12.2 Å². The first-order chi connectivity index (χ1) is 15.3. The van der Waals surface area contributed by atoms with E-state index in [0.717, 1.165) is 16.1 Å². The Morgan fingerprint density at radius 1 is 1.12 bits per heavy atom. The van der Waals surface area contributed by atoms with Crippen molar-refractivity contribution in [3.8, 4) is 5.75 Å². The van der Waals surface area contributed by atoms with Crippen LogP contribution in [-0.4, -0.2) is 85.4 Å². The molecule has 5 atom stereocenters. The van der Waals surface area contributed by atoms with E-state index in [1.807, 2.05) is 38.1 Å². The summed E-state index contributed by atoms with van der Waals surface area (Å²) in [5.41, 5.74) is 0.918. The van der Waals surface area contributed by atoms with Gasteiger partial charge in [-0.05, 0) is 43.7 Å². The predicted octanol–water partition coefficient (Wildman–Crippen LogP) is 0.204. The monoisotopic (exact) mass is 452 g/mol. The topological polar surface area (TPSA) is 158 Å². The molecule has 1 aliphatic heterocycles. The highest BCUT2D eigenvalue weighted by Gasteiger charge is 2.46. The van der Waals surface area contributed by atoms with Gasteiger partial charge in [-0.1, -0.05) is 12.1 Å². The van der Waals surface area contributed by atoms with Gasteiger partial charge >= 0.3 is 6.16 Å². The average molecular weight is 452 g/mol. The van der Waals surface area contributed by atoms with Crippen LogP contribution >= 0.6 is 0 Å². The van der Waals surface area contributed by atoms with E-state index >= 15 is 0 Å². The first-order valence-corrected chi connectivity index (χ1v) is 10.3. The Labute approximate surface area is 184 Å². The van der Waals surface area contributed by atoms with E-state index in [9.17, 15) is 20.1 Å². The van der Waals surface area contributed by atoms with Crippen molar-refractivity contribution in [3.05, 3.63) is 35.7 Å². The highest BCUT2D eigenvalue weighted by atomic mass is 16.7. The lowest BCUT2D eigenvalue weighted by molar-refractivity contribution is -0.257. The Morgan fingerprint density at radius 2 is 1.84 bits per heavy atom. The third kappa shape index (κ3) is 5.91. The van der Waals surface area contributed by atoms with E-state index in [-0.39, 0.29) is 12.7 Å². The number of rotatable bonds is 8. The van der Waals surface area contributed by atoms with Crippen molar-refractivity contribution in [2.24, 2.45) is 0 Å². The molecule has 1 aromatic heterocycles. The summed E-state index contributed by atoms with van der Waals surface area (Å²) in [7, 11) is 0. The molecule has 1 saturated heterocycles. The lowest BCUT2D eigenvalue weighted by Gasteiger charge is -2.39. The van der Waals surface area contributed by atoms with Crippen molar-refractivity contribution in [3.63, 3.8) is 0 Å². The summed E-state index contributed by atoms with van der Waals surface area (Å²) in [6.07, 6.45) is -7.48. The van der Waals surface area contributed by atoms with Crippen molar-refractivity contribution in [1.82, 2.24) is 20.2 Å². The maximum Gasteiger partial charge on any atom is 0.508 e. The fourth-order valence-corrected chi connectivity index (χ4v) is 3.14. The second-order valence-electron chi connectivity index (χ2n) is 7.54. The fraction of sp³-hybridized carbons (Fsp3) is 0.600. The van der Waals surface area contributed by atoms with Gasteiger partial charge in [-0.25, -0.2) is 4.79 Å². The number of carbonyl (C=O) groups excluding carboxylic acids is 1. The molecule has 0 radical (unpaired) electrons. The molecule has 32 heavy (non-hydrogen) atoms. The van der Waals surface area contributed by atoms with Gasteiger partial charge in [0.1, 0.15) is 36.8 Å². The molecule has 0 spiro atoms. The van der Waals surface area contributed by atoms with Crippen molar-refractivity contribution in [2.45, 2.75) is 63.9 Å². The van der Waals surface area contributed by atoms with Crippen LogP contribution in [0, 0.1) is 0 Å². The Kier molecular flexibility index (Phi) is 7.96. The zero-order chi connectivity index (χ0) is 23.3. The third-order valence-electron chi connectivity index (χ3n) is 4.67. The molecule has 5 unspecified atom stereocenters. The molecule has 3 N–H and O–H groups in total. The smallest absolute Gasteiger partial charge is 0.491 e.